The van der Waals surface area contributed by atoms with Gasteiger partial charge in [-0.15, -0.1) is 0 Å². The lowest BCUT2D eigenvalue weighted by atomic mass is 9.84. The molecule has 1 aromatic carbocycles. The average Bonchev–Trinajstić information content (AvgIpc) is 2.55. The summed E-state index contributed by atoms with van der Waals surface area (Å²) in [6, 6.07) is 6.14. The van der Waals surface area contributed by atoms with Crippen LogP contribution in [0.25, 0.3) is 0 Å². The largest absolute Gasteiger partial charge is 0.435 e. The van der Waals surface area contributed by atoms with E-state index in [0.717, 1.165) is 18.4 Å². The van der Waals surface area contributed by atoms with Crippen LogP contribution in [0.4, 0.5) is 8.78 Å². The molecule has 1 fully saturated rings. The lowest BCUT2D eigenvalue weighted by Crippen LogP contribution is -2.46. The van der Waals surface area contributed by atoms with Gasteiger partial charge in [0.2, 0.25) is 5.91 Å². The number of rotatable bonds is 7. The van der Waals surface area contributed by atoms with Gasteiger partial charge in [0.05, 0.1) is 6.42 Å². The molecule has 1 aliphatic rings. The molecular weight excluding hydrogens is 302 g/mol. The van der Waals surface area contributed by atoms with Crippen LogP contribution in [0.5, 0.6) is 5.75 Å². The number of halogens is 2. The first-order valence-electron chi connectivity index (χ1n) is 8.11. The van der Waals surface area contributed by atoms with Gasteiger partial charge in [-0.25, -0.2) is 0 Å². The number of nitrogens with one attached hydrogen (secondary N) is 1. The molecule has 0 aromatic heterocycles. The van der Waals surface area contributed by atoms with Crippen molar-refractivity contribution < 1.29 is 18.3 Å². The molecule has 128 valence electrons. The Morgan fingerprint density at radius 2 is 1.87 bits per heavy atom. The van der Waals surface area contributed by atoms with E-state index in [-0.39, 0.29) is 24.1 Å². The molecule has 1 unspecified atom stereocenters. The first-order valence-corrected chi connectivity index (χ1v) is 8.11. The summed E-state index contributed by atoms with van der Waals surface area (Å²) >= 11 is 0. The molecule has 0 aliphatic heterocycles. The number of hydrogen-bond donors (Lipinski definition) is 2. The van der Waals surface area contributed by atoms with Crippen LogP contribution in [-0.2, 0) is 11.2 Å². The minimum atomic E-state index is -2.84. The van der Waals surface area contributed by atoms with Gasteiger partial charge in [0.1, 0.15) is 5.75 Å². The molecule has 0 spiro atoms. The second kappa shape index (κ2) is 8.82. The third-order valence-corrected chi connectivity index (χ3v) is 4.33. The molecule has 1 amide bonds. The molecule has 1 atom stereocenters. The fourth-order valence-electron chi connectivity index (χ4n) is 3.14. The van der Waals surface area contributed by atoms with Crippen molar-refractivity contribution in [2.75, 3.05) is 6.54 Å². The molecule has 6 heteroatoms. The second-order valence-corrected chi connectivity index (χ2v) is 6.01. The summed E-state index contributed by atoms with van der Waals surface area (Å²) < 4.78 is 28.5. The van der Waals surface area contributed by atoms with Crippen molar-refractivity contribution in [1.82, 2.24) is 5.32 Å². The Labute approximate surface area is 135 Å². The van der Waals surface area contributed by atoms with Gasteiger partial charge >= 0.3 is 6.61 Å². The minimum Gasteiger partial charge on any atom is -0.435 e. The molecule has 0 saturated heterocycles. The van der Waals surface area contributed by atoms with Crippen molar-refractivity contribution in [3.63, 3.8) is 0 Å². The monoisotopic (exact) mass is 326 g/mol. The predicted octanol–water partition coefficient (Wildman–Crippen LogP) is 2.85. The lowest BCUT2D eigenvalue weighted by molar-refractivity contribution is -0.121. The maximum Gasteiger partial charge on any atom is 0.387 e. The number of nitrogens with two attached hydrogens (primary N) is 1. The van der Waals surface area contributed by atoms with Gasteiger partial charge in [0.25, 0.3) is 0 Å². The lowest BCUT2D eigenvalue weighted by Gasteiger charge is -2.30. The number of benzene rings is 1. The van der Waals surface area contributed by atoms with E-state index < -0.39 is 6.61 Å². The Morgan fingerprint density at radius 1 is 1.22 bits per heavy atom. The molecule has 1 aliphatic carbocycles. The summed E-state index contributed by atoms with van der Waals surface area (Å²) in [5.74, 6) is 0.458. The fraction of sp³-hybridized carbons (Fsp3) is 0.588. The van der Waals surface area contributed by atoms with Crippen LogP contribution in [0.15, 0.2) is 24.3 Å². The second-order valence-electron chi connectivity index (χ2n) is 6.01. The molecule has 3 N–H and O–H groups in total. The van der Waals surface area contributed by atoms with Crippen molar-refractivity contribution in [3.8, 4) is 5.75 Å². The maximum atomic E-state index is 12.2. The van der Waals surface area contributed by atoms with E-state index in [2.05, 4.69) is 10.1 Å². The van der Waals surface area contributed by atoms with Crippen molar-refractivity contribution in [3.05, 3.63) is 29.8 Å². The highest BCUT2D eigenvalue weighted by Gasteiger charge is 2.23. The van der Waals surface area contributed by atoms with Crippen molar-refractivity contribution in [2.45, 2.75) is 51.2 Å². The minimum absolute atomic E-state index is 0.0178. The summed E-state index contributed by atoms with van der Waals surface area (Å²) in [5, 5.41) is 3.02. The van der Waals surface area contributed by atoms with E-state index in [1.165, 1.54) is 31.4 Å². The number of amides is 1. The van der Waals surface area contributed by atoms with E-state index in [9.17, 15) is 13.6 Å². The van der Waals surface area contributed by atoms with Crippen molar-refractivity contribution in [1.29, 1.82) is 0 Å². The van der Waals surface area contributed by atoms with E-state index in [4.69, 9.17) is 5.73 Å². The SMILES string of the molecule is NCC(NC(=O)Cc1ccc(OC(F)F)cc1)C1CCCCC1. The number of ether oxygens (including phenoxy) is 1. The average molecular weight is 326 g/mol. The van der Waals surface area contributed by atoms with Crippen LogP contribution in [-0.4, -0.2) is 25.1 Å². The van der Waals surface area contributed by atoms with Crippen LogP contribution in [0.3, 0.4) is 0 Å². The zero-order chi connectivity index (χ0) is 16.7. The van der Waals surface area contributed by atoms with Gasteiger partial charge < -0.3 is 15.8 Å². The van der Waals surface area contributed by atoms with Gasteiger partial charge in [-0.05, 0) is 36.5 Å². The summed E-state index contributed by atoms with van der Waals surface area (Å²) in [7, 11) is 0. The van der Waals surface area contributed by atoms with Crippen LogP contribution in [0, 0.1) is 5.92 Å². The third-order valence-electron chi connectivity index (χ3n) is 4.33. The summed E-state index contributed by atoms with van der Waals surface area (Å²) in [6.45, 7) is -2.40. The molecular formula is C17H24F2N2O2. The molecule has 23 heavy (non-hydrogen) atoms. The van der Waals surface area contributed by atoms with Crippen LogP contribution in [0.1, 0.15) is 37.7 Å². The van der Waals surface area contributed by atoms with Crippen molar-refractivity contribution in [2.24, 2.45) is 11.7 Å². The predicted molar refractivity (Wildman–Crippen MR) is 84.3 cm³/mol. The first kappa shape index (κ1) is 17.7. The van der Waals surface area contributed by atoms with Gasteiger partial charge in [-0.1, -0.05) is 31.4 Å². The van der Waals surface area contributed by atoms with Gasteiger partial charge in [0, 0.05) is 12.6 Å². The Morgan fingerprint density at radius 3 is 2.43 bits per heavy atom. The van der Waals surface area contributed by atoms with Crippen LogP contribution >= 0.6 is 0 Å². The van der Waals surface area contributed by atoms with E-state index in [0.29, 0.717) is 12.5 Å². The molecule has 1 saturated carbocycles. The fourth-order valence-corrected chi connectivity index (χ4v) is 3.14. The van der Waals surface area contributed by atoms with E-state index in [1.54, 1.807) is 12.1 Å². The quantitative estimate of drug-likeness (QED) is 0.810. The first-order chi connectivity index (χ1) is 11.1. The highest BCUT2D eigenvalue weighted by Crippen LogP contribution is 2.26. The van der Waals surface area contributed by atoms with E-state index in [1.807, 2.05) is 0 Å². The third kappa shape index (κ3) is 5.78. The Bertz CT molecular complexity index is 488. The van der Waals surface area contributed by atoms with Crippen LogP contribution < -0.4 is 15.8 Å². The van der Waals surface area contributed by atoms with Gasteiger partial charge in [-0.2, -0.15) is 8.78 Å². The van der Waals surface area contributed by atoms with Crippen molar-refractivity contribution >= 4 is 5.91 Å². The highest BCUT2D eigenvalue weighted by atomic mass is 19.3. The maximum absolute atomic E-state index is 12.2. The Hall–Kier alpha value is -1.69. The standard InChI is InChI=1S/C17H24F2N2O2/c18-17(19)23-14-8-6-12(7-9-14)10-16(22)21-15(11-20)13-4-2-1-3-5-13/h6-9,13,15,17H,1-5,10-11,20H2,(H,21,22). The number of hydrogen-bond acceptors (Lipinski definition) is 3. The summed E-state index contributed by atoms with van der Waals surface area (Å²) in [5.41, 5.74) is 6.56. The summed E-state index contributed by atoms with van der Waals surface area (Å²) in [6.07, 6.45) is 6.09. The van der Waals surface area contributed by atoms with E-state index >= 15 is 0 Å². The zero-order valence-corrected chi connectivity index (χ0v) is 13.1. The summed E-state index contributed by atoms with van der Waals surface area (Å²) in [4.78, 5) is 12.2. The number of alkyl halides is 2. The highest BCUT2D eigenvalue weighted by molar-refractivity contribution is 5.79. The molecule has 0 heterocycles. The smallest absolute Gasteiger partial charge is 0.387 e. The van der Waals surface area contributed by atoms with Gasteiger partial charge in [0.15, 0.2) is 0 Å². The normalized spacial score (nSPS) is 17.0. The molecule has 0 radical (unpaired) electrons. The number of carbonyl (C=O) groups excluding carboxylic acids is 1. The van der Waals surface area contributed by atoms with Gasteiger partial charge in [-0.3, -0.25) is 4.79 Å². The number of carbonyl (C=O) groups is 1. The Balaban J connectivity index is 1.85. The van der Waals surface area contributed by atoms with Crippen LogP contribution in [0.2, 0.25) is 0 Å². The topological polar surface area (TPSA) is 64.3 Å². The molecule has 4 nitrogen and oxygen atoms in total. The molecule has 1 aromatic rings. The molecule has 2 rings (SSSR count). The Kier molecular flexibility index (Phi) is 6.77. The molecule has 0 bridgehead atoms. The zero-order valence-electron chi connectivity index (χ0n) is 13.1.